The van der Waals surface area contributed by atoms with Crippen molar-refractivity contribution in [1.29, 1.82) is 0 Å². The second kappa shape index (κ2) is 10.1. The largest absolute Gasteiger partial charge is 0.493 e. The number of imide groups is 2. The fourth-order valence-corrected chi connectivity index (χ4v) is 3.13. The van der Waals surface area contributed by atoms with Crippen molar-refractivity contribution in [2.24, 2.45) is 5.92 Å². The van der Waals surface area contributed by atoms with Gasteiger partial charge in [0.25, 0.3) is 0 Å². The third-order valence-electron chi connectivity index (χ3n) is 4.61. The van der Waals surface area contributed by atoms with E-state index in [0.717, 1.165) is 10.5 Å². The number of methoxy groups -OCH3 is 1. The Hall–Kier alpha value is -3.10. The molecule has 1 aromatic rings. The molecule has 1 saturated heterocycles. The smallest absolute Gasteiger partial charge is 0.334 e. The lowest BCUT2D eigenvalue weighted by molar-refractivity contribution is -0.145. The Morgan fingerprint density at radius 3 is 2.30 bits per heavy atom. The zero-order valence-corrected chi connectivity index (χ0v) is 18.1. The molecule has 0 aliphatic carbocycles. The number of likely N-dealkylation sites (N-methyl/N-ethyl adjacent to an activating group) is 1. The number of nitrogens with zero attached hydrogens (tertiary/aromatic N) is 3. The first-order valence-corrected chi connectivity index (χ1v) is 9.98. The van der Waals surface area contributed by atoms with Gasteiger partial charge in [-0.3, -0.25) is 19.3 Å². The van der Waals surface area contributed by atoms with E-state index < -0.39 is 30.3 Å². The second-order valence-corrected chi connectivity index (χ2v) is 7.31. The number of hydrogen-bond donors (Lipinski definition) is 0. The topological polar surface area (TPSA) is 96.5 Å². The third kappa shape index (κ3) is 5.08. The second-order valence-electron chi connectivity index (χ2n) is 7.31. The number of urea groups is 1. The molecule has 0 spiro atoms. The van der Waals surface area contributed by atoms with Gasteiger partial charge in [0.05, 0.1) is 13.7 Å². The summed E-state index contributed by atoms with van der Waals surface area (Å²) in [7, 11) is 1.54. The van der Waals surface area contributed by atoms with Gasteiger partial charge in [0.2, 0.25) is 5.91 Å². The summed E-state index contributed by atoms with van der Waals surface area (Å²) in [5, 5.41) is 0. The van der Waals surface area contributed by atoms with Gasteiger partial charge in [-0.05, 0) is 37.5 Å². The summed E-state index contributed by atoms with van der Waals surface area (Å²) < 4.78 is 10.8. The third-order valence-corrected chi connectivity index (χ3v) is 4.61. The van der Waals surface area contributed by atoms with Crippen LogP contribution in [0.15, 0.2) is 18.2 Å². The maximum absolute atomic E-state index is 12.8. The van der Waals surface area contributed by atoms with Gasteiger partial charge in [0.15, 0.2) is 11.5 Å². The first-order chi connectivity index (χ1) is 14.2. The molecular formula is C21H29N3O6. The summed E-state index contributed by atoms with van der Waals surface area (Å²) in [5.41, 5.74) is 0.807. The van der Waals surface area contributed by atoms with E-state index in [1.54, 1.807) is 19.1 Å². The number of carbonyl (C=O) groups excluding carboxylic acids is 4. The molecule has 0 atom stereocenters. The van der Waals surface area contributed by atoms with Crippen molar-refractivity contribution in [2.45, 2.75) is 34.2 Å². The Morgan fingerprint density at radius 2 is 1.73 bits per heavy atom. The highest BCUT2D eigenvalue weighted by Gasteiger charge is 2.45. The first kappa shape index (κ1) is 23.2. The lowest BCUT2D eigenvalue weighted by Crippen LogP contribution is -2.43. The van der Waals surface area contributed by atoms with Gasteiger partial charge in [0.1, 0.15) is 6.54 Å². The van der Waals surface area contributed by atoms with E-state index in [2.05, 4.69) is 0 Å². The average molecular weight is 419 g/mol. The lowest BCUT2D eigenvalue weighted by Gasteiger charge is -2.24. The standard InChI is InChI=1S/C21H29N3O6/c1-6-22(12-15-8-9-16(30-7-2)17(10-15)29-5)18(25)13-24-20(27)19(26)23(21(24)28)11-14(3)4/h8-10,14H,6-7,11-13H2,1-5H3. The molecule has 0 bridgehead atoms. The van der Waals surface area contributed by atoms with E-state index in [9.17, 15) is 19.2 Å². The van der Waals surface area contributed by atoms with Crippen LogP contribution >= 0.6 is 0 Å². The lowest BCUT2D eigenvalue weighted by atomic mass is 10.2. The van der Waals surface area contributed by atoms with Crippen LogP contribution in [0.4, 0.5) is 4.79 Å². The van der Waals surface area contributed by atoms with E-state index in [0.29, 0.717) is 29.6 Å². The van der Waals surface area contributed by atoms with E-state index in [1.165, 1.54) is 12.0 Å². The molecule has 0 aromatic heterocycles. The van der Waals surface area contributed by atoms with Crippen LogP contribution in [0, 0.1) is 5.92 Å². The molecule has 0 saturated carbocycles. The summed E-state index contributed by atoms with van der Waals surface area (Å²) in [6.07, 6.45) is 0. The SMILES string of the molecule is CCOc1ccc(CN(CC)C(=O)CN2C(=O)C(=O)N(CC(C)C)C2=O)cc1OC. The van der Waals surface area contributed by atoms with Gasteiger partial charge in [-0.1, -0.05) is 19.9 Å². The van der Waals surface area contributed by atoms with E-state index in [-0.39, 0.29) is 19.0 Å². The predicted octanol–water partition coefficient (Wildman–Crippen LogP) is 1.89. The van der Waals surface area contributed by atoms with Gasteiger partial charge in [-0.15, -0.1) is 0 Å². The Bertz CT molecular complexity index is 823. The molecule has 1 aliphatic rings. The predicted molar refractivity (Wildman–Crippen MR) is 109 cm³/mol. The Morgan fingerprint density at radius 1 is 1.07 bits per heavy atom. The number of benzene rings is 1. The quantitative estimate of drug-likeness (QED) is 0.424. The highest BCUT2D eigenvalue weighted by molar-refractivity contribution is 6.45. The van der Waals surface area contributed by atoms with Crippen LogP contribution in [0.3, 0.4) is 0 Å². The fraction of sp³-hybridized carbons (Fsp3) is 0.524. The maximum Gasteiger partial charge on any atom is 0.334 e. The van der Waals surface area contributed by atoms with E-state index >= 15 is 0 Å². The van der Waals surface area contributed by atoms with Gasteiger partial charge in [-0.25, -0.2) is 9.69 Å². The van der Waals surface area contributed by atoms with Gasteiger partial charge in [-0.2, -0.15) is 0 Å². The number of rotatable bonds is 10. The zero-order valence-electron chi connectivity index (χ0n) is 18.1. The molecule has 0 radical (unpaired) electrons. The van der Waals surface area contributed by atoms with Crippen molar-refractivity contribution < 1.29 is 28.7 Å². The number of carbonyl (C=O) groups is 4. The molecule has 1 heterocycles. The summed E-state index contributed by atoms with van der Waals surface area (Å²) in [5.74, 6) is -1.10. The Kier molecular flexibility index (Phi) is 7.79. The summed E-state index contributed by atoms with van der Waals surface area (Å²) in [4.78, 5) is 52.7. The summed E-state index contributed by atoms with van der Waals surface area (Å²) in [6, 6.07) is 4.63. The molecule has 0 N–H and O–H groups in total. The molecule has 164 valence electrons. The number of ether oxygens (including phenoxy) is 2. The first-order valence-electron chi connectivity index (χ1n) is 9.98. The van der Waals surface area contributed by atoms with E-state index in [4.69, 9.17) is 9.47 Å². The van der Waals surface area contributed by atoms with Gasteiger partial charge in [0, 0.05) is 19.6 Å². The maximum atomic E-state index is 12.8. The highest BCUT2D eigenvalue weighted by atomic mass is 16.5. The molecule has 1 aromatic carbocycles. The van der Waals surface area contributed by atoms with Crippen LogP contribution in [0.25, 0.3) is 0 Å². The normalized spacial score (nSPS) is 14.0. The van der Waals surface area contributed by atoms with Gasteiger partial charge < -0.3 is 14.4 Å². The van der Waals surface area contributed by atoms with Crippen LogP contribution in [-0.4, -0.2) is 71.8 Å². The van der Waals surface area contributed by atoms with Crippen molar-refractivity contribution in [3.05, 3.63) is 23.8 Å². The highest BCUT2D eigenvalue weighted by Crippen LogP contribution is 2.28. The minimum atomic E-state index is -0.965. The van der Waals surface area contributed by atoms with Crippen molar-refractivity contribution in [3.63, 3.8) is 0 Å². The minimum absolute atomic E-state index is 0.0168. The molecule has 9 nitrogen and oxygen atoms in total. The van der Waals surface area contributed by atoms with Crippen molar-refractivity contribution >= 4 is 23.8 Å². The molecule has 2 rings (SSSR count). The van der Waals surface area contributed by atoms with Crippen LogP contribution < -0.4 is 9.47 Å². The fourth-order valence-electron chi connectivity index (χ4n) is 3.13. The minimum Gasteiger partial charge on any atom is -0.493 e. The molecule has 5 amide bonds. The Balaban J connectivity index is 2.11. The van der Waals surface area contributed by atoms with Gasteiger partial charge >= 0.3 is 17.8 Å². The van der Waals surface area contributed by atoms with Crippen molar-refractivity contribution in [1.82, 2.24) is 14.7 Å². The average Bonchev–Trinajstić information content (AvgIpc) is 2.90. The molecule has 9 heteroatoms. The van der Waals surface area contributed by atoms with E-state index in [1.807, 2.05) is 26.8 Å². The molecule has 0 unspecified atom stereocenters. The number of hydrogen-bond acceptors (Lipinski definition) is 6. The summed E-state index contributed by atoms with van der Waals surface area (Å²) in [6.45, 7) is 8.14. The van der Waals surface area contributed by atoms with Crippen molar-refractivity contribution in [3.8, 4) is 11.5 Å². The molecule has 1 fully saturated rings. The van der Waals surface area contributed by atoms with Crippen LogP contribution in [0.2, 0.25) is 0 Å². The van der Waals surface area contributed by atoms with Crippen LogP contribution in [0.5, 0.6) is 11.5 Å². The van der Waals surface area contributed by atoms with Crippen LogP contribution in [0.1, 0.15) is 33.3 Å². The Labute approximate surface area is 176 Å². The van der Waals surface area contributed by atoms with Crippen molar-refractivity contribution in [2.75, 3.05) is 33.4 Å². The molecular weight excluding hydrogens is 390 g/mol. The number of amides is 5. The monoisotopic (exact) mass is 419 g/mol. The summed E-state index contributed by atoms with van der Waals surface area (Å²) >= 11 is 0. The molecule has 1 aliphatic heterocycles. The van der Waals surface area contributed by atoms with Crippen LogP contribution in [-0.2, 0) is 20.9 Å². The molecule has 30 heavy (non-hydrogen) atoms. The zero-order chi connectivity index (χ0) is 22.4.